The predicted molar refractivity (Wildman–Crippen MR) is 110 cm³/mol. The van der Waals surface area contributed by atoms with Gasteiger partial charge in [-0.05, 0) is 36.2 Å². The van der Waals surface area contributed by atoms with Crippen molar-refractivity contribution in [2.45, 2.75) is 31.8 Å². The van der Waals surface area contributed by atoms with Crippen molar-refractivity contribution in [1.29, 1.82) is 5.26 Å². The van der Waals surface area contributed by atoms with E-state index in [0.717, 1.165) is 23.3 Å². The fourth-order valence-electron chi connectivity index (χ4n) is 3.96. The second-order valence-electron chi connectivity index (χ2n) is 7.21. The topological polar surface area (TPSA) is 94.6 Å². The lowest BCUT2D eigenvalue weighted by atomic mass is 9.77. The lowest BCUT2D eigenvalue weighted by Crippen LogP contribution is -2.27. The van der Waals surface area contributed by atoms with E-state index in [2.05, 4.69) is 6.07 Å². The van der Waals surface area contributed by atoms with Gasteiger partial charge in [0.1, 0.15) is 35.5 Å². The maximum absolute atomic E-state index is 12.7. The van der Waals surface area contributed by atoms with Crippen LogP contribution in [0.25, 0.3) is 0 Å². The summed E-state index contributed by atoms with van der Waals surface area (Å²) in [7, 11) is 1.60. The number of methoxy groups -OCH3 is 1. The standard InChI is InChI=1S/C24H22N2O4/c1-28-20-11-10-15(12-16(20)14-29-17-6-3-2-4-7-17)22-18(13-25)24(26)30-21-9-5-8-19(27)23(21)22/h2-4,6-7,10-12,22H,5,8-9,14,26H2,1H3/t22-/m1/s1. The van der Waals surface area contributed by atoms with Crippen LogP contribution in [0.15, 0.2) is 71.3 Å². The molecular formula is C24H22N2O4. The number of benzene rings is 2. The van der Waals surface area contributed by atoms with E-state index in [1.165, 1.54) is 0 Å². The average Bonchev–Trinajstić information content (AvgIpc) is 2.77. The Labute approximate surface area is 175 Å². The first kappa shape index (κ1) is 19.6. The number of hydrogen-bond acceptors (Lipinski definition) is 6. The number of nitrogens with two attached hydrogens (primary N) is 1. The van der Waals surface area contributed by atoms with E-state index >= 15 is 0 Å². The van der Waals surface area contributed by atoms with Crippen molar-refractivity contribution in [3.8, 4) is 17.6 Å². The summed E-state index contributed by atoms with van der Waals surface area (Å²) in [4.78, 5) is 12.7. The van der Waals surface area contributed by atoms with Gasteiger partial charge in [-0.3, -0.25) is 4.79 Å². The smallest absolute Gasteiger partial charge is 0.205 e. The van der Waals surface area contributed by atoms with Gasteiger partial charge in [0.15, 0.2) is 5.78 Å². The van der Waals surface area contributed by atoms with Crippen LogP contribution in [0.2, 0.25) is 0 Å². The summed E-state index contributed by atoms with van der Waals surface area (Å²) in [6.07, 6.45) is 1.80. The Bertz CT molecular complexity index is 1080. The van der Waals surface area contributed by atoms with E-state index < -0.39 is 5.92 Å². The number of allylic oxidation sites excluding steroid dienone is 3. The third kappa shape index (κ3) is 3.62. The van der Waals surface area contributed by atoms with E-state index in [4.69, 9.17) is 19.9 Å². The van der Waals surface area contributed by atoms with Crippen molar-refractivity contribution in [3.63, 3.8) is 0 Å². The van der Waals surface area contributed by atoms with Crippen molar-refractivity contribution < 1.29 is 19.0 Å². The van der Waals surface area contributed by atoms with Crippen molar-refractivity contribution in [2.24, 2.45) is 5.73 Å². The van der Waals surface area contributed by atoms with Gasteiger partial charge in [0, 0.05) is 24.0 Å². The molecule has 0 amide bonds. The van der Waals surface area contributed by atoms with Crippen LogP contribution in [-0.2, 0) is 16.1 Å². The molecule has 0 aromatic heterocycles. The predicted octanol–water partition coefficient (Wildman–Crippen LogP) is 4.09. The number of rotatable bonds is 5. The maximum atomic E-state index is 12.7. The number of carbonyl (C=O) groups is 1. The number of nitriles is 1. The monoisotopic (exact) mass is 402 g/mol. The Morgan fingerprint density at radius 2 is 2.00 bits per heavy atom. The van der Waals surface area contributed by atoms with Gasteiger partial charge in [0.2, 0.25) is 5.88 Å². The molecule has 30 heavy (non-hydrogen) atoms. The van der Waals surface area contributed by atoms with Crippen LogP contribution in [-0.4, -0.2) is 12.9 Å². The normalized spacial score (nSPS) is 18.4. The van der Waals surface area contributed by atoms with E-state index in [9.17, 15) is 10.1 Å². The molecule has 0 saturated heterocycles. The number of ketones is 1. The van der Waals surface area contributed by atoms with Crippen LogP contribution >= 0.6 is 0 Å². The third-order valence-corrected chi connectivity index (χ3v) is 5.38. The minimum Gasteiger partial charge on any atom is -0.496 e. The zero-order valence-electron chi connectivity index (χ0n) is 16.7. The lowest BCUT2D eigenvalue weighted by Gasteiger charge is -2.31. The van der Waals surface area contributed by atoms with Gasteiger partial charge in [-0.25, -0.2) is 0 Å². The Morgan fingerprint density at radius 3 is 2.73 bits per heavy atom. The molecule has 2 aromatic rings. The molecule has 6 heteroatoms. The molecule has 0 saturated carbocycles. The molecule has 2 aliphatic rings. The molecule has 2 aromatic carbocycles. The van der Waals surface area contributed by atoms with Crippen LogP contribution in [0.4, 0.5) is 0 Å². The first-order valence-electron chi connectivity index (χ1n) is 9.81. The number of Topliss-reactive ketones (excluding diaryl/α,β-unsaturated/α-hetero) is 1. The molecule has 0 fully saturated rings. The quantitative estimate of drug-likeness (QED) is 0.809. The van der Waals surface area contributed by atoms with Crippen molar-refractivity contribution >= 4 is 5.78 Å². The molecule has 6 nitrogen and oxygen atoms in total. The highest BCUT2D eigenvalue weighted by atomic mass is 16.5. The largest absolute Gasteiger partial charge is 0.496 e. The molecule has 0 radical (unpaired) electrons. The zero-order valence-corrected chi connectivity index (χ0v) is 16.7. The second kappa shape index (κ2) is 8.34. The first-order valence-corrected chi connectivity index (χ1v) is 9.81. The van der Waals surface area contributed by atoms with Crippen molar-refractivity contribution in [1.82, 2.24) is 0 Å². The van der Waals surface area contributed by atoms with Crippen LogP contribution in [0.5, 0.6) is 11.5 Å². The van der Waals surface area contributed by atoms with Gasteiger partial charge >= 0.3 is 0 Å². The fourth-order valence-corrected chi connectivity index (χ4v) is 3.96. The molecule has 2 N–H and O–H groups in total. The molecule has 152 valence electrons. The number of para-hydroxylation sites is 1. The van der Waals surface area contributed by atoms with E-state index in [0.29, 0.717) is 29.9 Å². The number of hydrogen-bond donors (Lipinski definition) is 1. The van der Waals surface area contributed by atoms with Crippen molar-refractivity contribution in [3.05, 3.63) is 82.4 Å². The Kier molecular flexibility index (Phi) is 5.44. The molecule has 1 aliphatic carbocycles. The van der Waals surface area contributed by atoms with Gasteiger partial charge in [-0.2, -0.15) is 5.26 Å². The minimum atomic E-state index is -0.548. The second-order valence-corrected chi connectivity index (χ2v) is 7.21. The highest BCUT2D eigenvalue weighted by Gasteiger charge is 2.38. The zero-order chi connectivity index (χ0) is 21.1. The van der Waals surface area contributed by atoms with E-state index in [-0.39, 0.29) is 23.8 Å². The summed E-state index contributed by atoms with van der Waals surface area (Å²) in [6, 6.07) is 17.2. The molecule has 0 bridgehead atoms. The molecule has 0 unspecified atom stereocenters. The summed E-state index contributed by atoms with van der Waals surface area (Å²) in [5.74, 6) is 1.50. The number of carbonyl (C=O) groups excluding carboxylic acids is 1. The van der Waals surface area contributed by atoms with Crippen LogP contribution < -0.4 is 15.2 Å². The molecular weight excluding hydrogens is 380 g/mol. The molecule has 1 atom stereocenters. The van der Waals surface area contributed by atoms with E-state index in [1.807, 2.05) is 48.5 Å². The SMILES string of the molecule is COc1ccc([C@@H]2C(C#N)=C(N)OC3=C2C(=O)CCC3)cc1COc1ccccc1. The van der Waals surface area contributed by atoms with E-state index in [1.54, 1.807) is 7.11 Å². The average molecular weight is 402 g/mol. The fraction of sp³-hybridized carbons (Fsp3) is 0.250. The Morgan fingerprint density at radius 1 is 1.20 bits per heavy atom. The number of ether oxygens (including phenoxy) is 3. The van der Waals surface area contributed by atoms with Crippen molar-refractivity contribution in [2.75, 3.05) is 7.11 Å². The summed E-state index contributed by atoms with van der Waals surface area (Å²) in [6.45, 7) is 0.283. The molecule has 4 rings (SSSR count). The van der Waals surface area contributed by atoms with Gasteiger partial charge in [0.05, 0.1) is 13.0 Å². The molecule has 0 spiro atoms. The van der Waals surface area contributed by atoms with Crippen LogP contribution in [0.1, 0.15) is 36.3 Å². The van der Waals surface area contributed by atoms with Gasteiger partial charge in [-0.15, -0.1) is 0 Å². The summed E-state index contributed by atoms with van der Waals surface area (Å²) in [5.41, 5.74) is 8.42. The Balaban J connectivity index is 1.74. The molecule has 1 heterocycles. The maximum Gasteiger partial charge on any atom is 0.205 e. The highest BCUT2D eigenvalue weighted by molar-refractivity contribution is 5.99. The molecule has 1 aliphatic heterocycles. The van der Waals surface area contributed by atoms with Crippen LogP contribution in [0.3, 0.4) is 0 Å². The van der Waals surface area contributed by atoms with Gasteiger partial charge < -0.3 is 19.9 Å². The summed E-state index contributed by atoms with van der Waals surface area (Å²) in [5, 5.41) is 9.74. The summed E-state index contributed by atoms with van der Waals surface area (Å²) < 4.78 is 17.0. The summed E-state index contributed by atoms with van der Waals surface area (Å²) >= 11 is 0. The van der Waals surface area contributed by atoms with Crippen LogP contribution in [0, 0.1) is 11.3 Å². The minimum absolute atomic E-state index is 0.000552. The van der Waals surface area contributed by atoms with Gasteiger partial charge in [0.25, 0.3) is 0 Å². The lowest BCUT2D eigenvalue weighted by molar-refractivity contribution is -0.116. The highest BCUT2D eigenvalue weighted by Crippen LogP contribution is 2.44. The third-order valence-electron chi connectivity index (χ3n) is 5.38. The van der Waals surface area contributed by atoms with Gasteiger partial charge in [-0.1, -0.05) is 24.3 Å². The number of nitrogens with zero attached hydrogens (tertiary/aromatic N) is 1. The Hall–Kier alpha value is -3.72. The first-order chi connectivity index (χ1) is 14.6.